The molecule has 0 fully saturated rings. The zero-order valence-corrected chi connectivity index (χ0v) is 57.0. The number of aliphatic hydroxyl groups excluding tert-OH is 1. The Labute approximate surface area is 517 Å². The summed E-state index contributed by atoms with van der Waals surface area (Å²) in [4.78, 5) is 72.3. The molecule has 0 heterocycles. The molecule has 0 aromatic rings. The van der Waals surface area contributed by atoms with Crippen LogP contribution in [0.2, 0.25) is 0 Å². The van der Waals surface area contributed by atoms with Gasteiger partial charge in [0, 0.05) is 25.7 Å². The molecule has 0 saturated carbocycles. The fraction of sp³-hybridized carbons (Fsp3) is 0.939. The largest absolute Gasteiger partial charge is 0.472 e. The molecule has 0 aromatic heterocycles. The molecule has 6 atom stereocenters. The molecule has 17 nitrogen and oxygen atoms in total. The standard InChI is InChI=1S/C66H128O17P2/c1-9-59(8)45-37-29-23-25-31-39-47-64(69)77-53-61(82-65(70)48-40-32-20-16-14-12-10-11-13-15-18-26-34-42-56(2)3)54-80-84(72,73)78-50-60(67)51-79-85(74,75)81-55-62(52-76-63(68)46-38-30-24-22-28-36-44-58(6)7)83-66(71)49-41-33-21-17-19-27-35-43-57(4)5/h56-62,67H,9-55H2,1-8H3,(H,72,73)(H,74,75)/t59?,60-,61+,62+/m0/s1. The summed E-state index contributed by atoms with van der Waals surface area (Å²) in [7, 11) is -9.89. The minimum atomic E-state index is -4.95. The lowest BCUT2D eigenvalue weighted by Crippen LogP contribution is -2.30. The molecule has 0 amide bonds. The van der Waals surface area contributed by atoms with Crippen molar-refractivity contribution >= 4 is 39.5 Å². The van der Waals surface area contributed by atoms with E-state index in [1.807, 2.05) is 0 Å². The molecule has 85 heavy (non-hydrogen) atoms. The van der Waals surface area contributed by atoms with Crippen LogP contribution in [0.3, 0.4) is 0 Å². The molecule has 0 saturated heterocycles. The summed E-state index contributed by atoms with van der Waals surface area (Å²) in [6.45, 7) is 13.9. The number of hydrogen-bond acceptors (Lipinski definition) is 15. The summed E-state index contributed by atoms with van der Waals surface area (Å²) in [5, 5.41) is 10.5. The Hall–Kier alpha value is -1.94. The average Bonchev–Trinajstić information content (AvgIpc) is 3.61. The van der Waals surface area contributed by atoms with Crippen LogP contribution in [-0.2, 0) is 65.4 Å². The SMILES string of the molecule is CCC(C)CCCCCCCCC(=O)OC[C@H](COP(=O)(O)OC[C@H](O)COP(=O)(O)OC[C@@H](COC(=O)CCCCCCCCC(C)C)OC(=O)CCCCCCCCCC(C)C)OC(=O)CCCCCCCCCCCCCCCC(C)C. The third-order valence-electron chi connectivity index (χ3n) is 15.4. The maximum Gasteiger partial charge on any atom is 0.472 e. The number of unbranched alkanes of at least 4 members (excludes halogenated alkanes) is 28. The molecule has 19 heteroatoms. The maximum atomic E-state index is 13.0. The van der Waals surface area contributed by atoms with Gasteiger partial charge in [0.15, 0.2) is 12.2 Å². The molecule has 3 N–H and O–H groups in total. The van der Waals surface area contributed by atoms with Crippen molar-refractivity contribution in [1.82, 2.24) is 0 Å². The molecule has 0 rings (SSSR count). The van der Waals surface area contributed by atoms with Gasteiger partial charge < -0.3 is 33.8 Å². The topological polar surface area (TPSA) is 237 Å². The van der Waals surface area contributed by atoms with E-state index in [1.54, 1.807) is 0 Å². The van der Waals surface area contributed by atoms with Crippen LogP contribution in [0.5, 0.6) is 0 Å². The van der Waals surface area contributed by atoms with E-state index < -0.39 is 97.5 Å². The zero-order valence-electron chi connectivity index (χ0n) is 55.2. The van der Waals surface area contributed by atoms with E-state index in [0.717, 1.165) is 115 Å². The predicted molar refractivity (Wildman–Crippen MR) is 340 cm³/mol. The normalized spacial score (nSPS) is 14.7. The van der Waals surface area contributed by atoms with Crippen molar-refractivity contribution in [3.8, 4) is 0 Å². The van der Waals surface area contributed by atoms with E-state index in [4.69, 9.17) is 37.0 Å². The Bertz CT molecular complexity index is 1700. The molecule has 0 radical (unpaired) electrons. The van der Waals surface area contributed by atoms with Crippen LogP contribution in [0.1, 0.15) is 319 Å². The second-order valence-corrected chi connectivity index (χ2v) is 28.4. The van der Waals surface area contributed by atoms with Crippen molar-refractivity contribution in [3.63, 3.8) is 0 Å². The third kappa shape index (κ3) is 59.5. The first-order valence-corrected chi connectivity index (χ1v) is 37.2. The van der Waals surface area contributed by atoms with Crippen LogP contribution < -0.4 is 0 Å². The minimum absolute atomic E-state index is 0.102. The third-order valence-corrected chi connectivity index (χ3v) is 17.3. The van der Waals surface area contributed by atoms with Crippen LogP contribution in [0.15, 0.2) is 0 Å². The number of aliphatic hydroxyl groups is 1. The van der Waals surface area contributed by atoms with E-state index in [2.05, 4.69) is 55.4 Å². The first-order chi connectivity index (χ1) is 40.6. The Morgan fingerprint density at radius 3 is 0.835 bits per heavy atom. The lowest BCUT2D eigenvalue weighted by Gasteiger charge is -2.21. The van der Waals surface area contributed by atoms with Crippen LogP contribution >= 0.6 is 15.6 Å². The number of esters is 4. The van der Waals surface area contributed by atoms with Crippen LogP contribution in [0.25, 0.3) is 0 Å². The van der Waals surface area contributed by atoms with Crippen LogP contribution in [-0.4, -0.2) is 96.7 Å². The zero-order chi connectivity index (χ0) is 63.2. The van der Waals surface area contributed by atoms with Gasteiger partial charge in [-0.3, -0.25) is 37.3 Å². The Morgan fingerprint density at radius 2 is 0.565 bits per heavy atom. The van der Waals surface area contributed by atoms with E-state index in [0.29, 0.717) is 37.5 Å². The number of hydrogen-bond donors (Lipinski definition) is 3. The van der Waals surface area contributed by atoms with Crippen molar-refractivity contribution in [2.24, 2.45) is 23.7 Å². The fourth-order valence-electron chi connectivity index (χ4n) is 9.75. The van der Waals surface area contributed by atoms with Crippen molar-refractivity contribution in [2.75, 3.05) is 39.6 Å². The van der Waals surface area contributed by atoms with Gasteiger partial charge in [-0.2, -0.15) is 0 Å². The molecule has 0 aliphatic carbocycles. The summed E-state index contributed by atoms with van der Waals surface area (Å²) >= 11 is 0. The summed E-state index contributed by atoms with van der Waals surface area (Å²) in [5.74, 6) is 0.753. The number of carbonyl (C=O) groups is 4. The van der Waals surface area contributed by atoms with Gasteiger partial charge in [0.1, 0.15) is 19.3 Å². The Morgan fingerprint density at radius 1 is 0.329 bits per heavy atom. The number of phosphoric acid groups is 2. The fourth-order valence-corrected chi connectivity index (χ4v) is 11.3. The molecular weight excluding hydrogens is 1130 g/mol. The van der Waals surface area contributed by atoms with E-state index in [1.165, 1.54) is 109 Å². The second kappa shape index (κ2) is 56.1. The van der Waals surface area contributed by atoms with E-state index in [-0.39, 0.29) is 25.7 Å². The molecule has 3 unspecified atom stereocenters. The summed E-state index contributed by atoms with van der Waals surface area (Å²) < 4.78 is 68.0. The second-order valence-electron chi connectivity index (χ2n) is 25.5. The monoisotopic (exact) mass is 1250 g/mol. The minimum Gasteiger partial charge on any atom is -0.462 e. The van der Waals surface area contributed by atoms with Gasteiger partial charge in [-0.05, 0) is 49.4 Å². The number of ether oxygens (including phenoxy) is 4. The van der Waals surface area contributed by atoms with Crippen molar-refractivity contribution in [2.45, 2.75) is 337 Å². The molecule has 0 spiro atoms. The van der Waals surface area contributed by atoms with Crippen LogP contribution in [0.4, 0.5) is 0 Å². The highest BCUT2D eigenvalue weighted by Gasteiger charge is 2.30. The van der Waals surface area contributed by atoms with Gasteiger partial charge >= 0.3 is 39.5 Å². The molecule has 0 aliphatic heterocycles. The van der Waals surface area contributed by atoms with Gasteiger partial charge in [0.2, 0.25) is 0 Å². The molecule has 504 valence electrons. The smallest absolute Gasteiger partial charge is 0.462 e. The van der Waals surface area contributed by atoms with Gasteiger partial charge in [-0.1, -0.05) is 267 Å². The quantitative estimate of drug-likeness (QED) is 0.0222. The summed E-state index contributed by atoms with van der Waals surface area (Å²) in [5.41, 5.74) is 0. The lowest BCUT2D eigenvalue weighted by molar-refractivity contribution is -0.161. The van der Waals surface area contributed by atoms with Crippen molar-refractivity contribution < 1.29 is 80.2 Å². The molecular formula is C66H128O17P2. The average molecular weight is 1260 g/mol. The highest BCUT2D eigenvalue weighted by molar-refractivity contribution is 7.47. The number of phosphoric ester groups is 2. The highest BCUT2D eigenvalue weighted by atomic mass is 31.2. The van der Waals surface area contributed by atoms with Gasteiger partial charge in [-0.25, -0.2) is 9.13 Å². The van der Waals surface area contributed by atoms with E-state index >= 15 is 0 Å². The summed E-state index contributed by atoms with van der Waals surface area (Å²) in [6, 6.07) is 0. The van der Waals surface area contributed by atoms with Gasteiger partial charge in [0.25, 0.3) is 0 Å². The van der Waals surface area contributed by atoms with Crippen LogP contribution in [0, 0.1) is 23.7 Å². The first-order valence-electron chi connectivity index (χ1n) is 34.2. The van der Waals surface area contributed by atoms with Crippen molar-refractivity contribution in [3.05, 3.63) is 0 Å². The summed E-state index contributed by atoms with van der Waals surface area (Å²) in [6.07, 6.45) is 36.5. The van der Waals surface area contributed by atoms with Crippen molar-refractivity contribution in [1.29, 1.82) is 0 Å². The lowest BCUT2D eigenvalue weighted by atomic mass is 10.00. The van der Waals surface area contributed by atoms with E-state index in [9.17, 15) is 43.2 Å². The Kier molecular flexibility index (Phi) is 54.8. The number of rotatable bonds is 63. The first kappa shape index (κ1) is 83.1. The predicted octanol–water partition coefficient (Wildman–Crippen LogP) is 18.1. The van der Waals surface area contributed by atoms with Gasteiger partial charge in [-0.15, -0.1) is 0 Å². The Balaban J connectivity index is 5.23. The van der Waals surface area contributed by atoms with Gasteiger partial charge in [0.05, 0.1) is 26.4 Å². The molecule has 0 aliphatic rings. The number of carbonyl (C=O) groups excluding carboxylic acids is 4. The molecule has 0 aromatic carbocycles. The molecule has 0 bridgehead atoms. The highest BCUT2D eigenvalue weighted by Crippen LogP contribution is 2.45. The maximum absolute atomic E-state index is 13.0.